The van der Waals surface area contributed by atoms with Gasteiger partial charge >= 0.3 is 0 Å². The van der Waals surface area contributed by atoms with Crippen LogP contribution in [0.3, 0.4) is 0 Å². The zero-order valence-corrected chi connectivity index (χ0v) is 14.6. The van der Waals surface area contributed by atoms with Gasteiger partial charge in [-0.3, -0.25) is 14.3 Å². The molecule has 24 heavy (non-hydrogen) atoms. The van der Waals surface area contributed by atoms with E-state index >= 15 is 0 Å². The second-order valence-electron chi connectivity index (χ2n) is 6.34. The summed E-state index contributed by atoms with van der Waals surface area (Å²) in [4.78, 5) is 20.1. The van der Waals surface area contributed by atoms with Crippen molar-refractivity contribution in [3.8, 4) is 0 Å². The number of hydrogen-bond donors (Lipinski definition) is 1. The van der Waals surface area contributed by atoms with E-state index in [1.165, 1.54) is 11.3 Å². The Morgan fingerprint density at radius 2 is 2.42 bits per heavy atom. The molecule has 1 amide bonds. The molecule has 126 valence electrons. The van der Waals surface area contributed by atoms with E-state index in [1.807, 2.05) is 33.3 Å². The summed E-state index contributed by atoms with van der Waals surface area (Å²) in [6, 6.07) is 0. The molecule has 3 aromatic rings. The summed E-state index contributed by atoms with van der Waals surface area (Å²) in [5.41, 5.74) is 3.32. The van der Waals surface area contributed by atoms with Gasteiger partial charge in [0.05, 0.1) is 18.3 Å². The third kappa shape index (κ3) is 2.84. The number of nitrogens with one attached hydrogen (secondary N) is 1. The fourth-order valence-electron chi connectivity index (χ4n) is 3.52. The van der Waals surface area contributed by atoms with Gasteiger partial charge in [0.25, 0.3) is 0 Å². The lowest BCUT2D eigenvalue weighted by Gasteiger charge is -2.32. The van der Waals surface area contributed by atoms with Gasteiger partial charge in [-0.15, -0.1) is 11.3 Å². The minimum atomic E-state index is 0.169. The average Bonchev–Trinajstić information content (AvgIpc) is 3.30. The van der Waals surface area contributed by atoms with Crippen LogP contribution in [0.25, 0.3) is 4.96 Å². The molecule has 0 saturated carbocycles. The smallest absolute Gasteiger partial charge is 0.228 e. The molecule has 0 aliphatic carbocycles. The number of carbonyl (C=O) groups excluding carboxylic acids is 1. The number of rotatable bonds is 4. The fraction of sp³-hybridized carbons (Fsp3) is 0.471. The second-order valence-corrected chi connectivity index (χ2v) is 7.22. The first-order chi connectivity index (χ1) is 11.7. The highest BCUT2D eigenvalue weighted by Gasteiger charge is 2.27. The van der Waals surface area contributed by atoms with Crippen LogP contribution in [0.15, 0.2) is 24.0 Å². The average molecular weight is 343 g/mol. The molecule has 1 saturated heterocycles. The van der Waals surface area contributed by atoms with Crippen LogP contribution in [0.2, 0.25) is 0 Å². The minimum Gasteiger partial charge on any atom is -0.342 e. The van der Waals surface area contributed by atoms with Gasteiger partial charge in [-0.1, -0.05) is 6.92 Å². The van der Waals surface area contributed by atoms with E-state index in [9.17, 15) is 4.79 Å². The molecular weight excluding hydrogens is 322 g/mol. The van der Waals surface area contributed by atoms with Crippen LogP contribution in [0, 0.1) is 0 Å². The maximum Gasteiger partial charge on any atom is 0.228 e. The standard InChI is InChI=1S/C17H21N5OS/c1-2-12-9-18-20-16(12)13-4-3-5-21(10-13)15(23)8-14-11-22-6-7-24-17(22)19-14/h6-7,9,11,13H,2-5,8,10H2,1H3,(H,18,20)/t13-/m1/s1. The molecule has 4 heterocycles. The number of hydrogen-bond acceptors (Lipinski definition) is 4. The van der Waals surface area contributed by atoms with E-state index in [1.54, 1.807) is 11.3 Å². The third-order valence-electron chi connectivity index (χ3n) is 4.79. The lowest BCUT2D eigenvalue weighted by atomic mass is 9.92. The highest BCUT2D eigenvalue weighted by atomic mass is 32.1. The number of H-pyrrole nitrogens is 1. The van der Waals surface area contributed by atoms with Crippen LogP contribution in [-0.2, 0) is 17.6 Å². The Kier molecular flexibility index (Phi) is 4.10. The van der Waals surface area contributed by atoms with Crippen molar-refractivity contribution in [1.82, 2.24) is 24.5 Å². The first-order valence-electron chi connectivity index (χ1n) is 8.45. The predicted molar refractivity (Wildman–Crippen MR) is 93.3 cm³/mol. The molecule has 6 nitrogen and oxygen atoms in total. The first-order valence-corrected chi connectivity index (χ1v) is 9.33. The van der Waals surface area contributed by atoms with Crippen LogP contribution < -0.4 is 0 Å². The van der Waals surface area contributed by atoms with Gasteiger partial charge in [0.15, 0.2) is 4.96 Å². The van der Waals surface area contributed by atoms with E-state index in [0.717, 1.165) is 43.0 Å². The lowest BCUT2D eigenvalue weighted by molar-refractivity contribution is -0.131. The van der Waals surface area contributed by atoms with Crippen molar-refractivity contribution >= 4 is 22.2 Å². The minimum absolute atomic E-state index is 0.169. The Balaban J connectivity index is 1.45. The SMILES string of the molecule is CCc1cn[nH]c1[C@@H]1CCCN(C(=O)Cc2cn3ccsc3n2)C1. The van der Waals surface area contributed by atoms with Crippen molar-refractivity contribution in [2.24, 2.45) is 0 Å². The Bertz CT molecular complexity index is 820. The summed E-state index contributed by atoms with van der Waals surface area (Å²) in [5.74, 6) is 0.536. The van der Waals surface area contributed by atoms with Gasteiger partial charge < -0.3 is 4.90 Å². The number of aromatic amines is 1. The predicted octanol–water partition coefficient (Wildman–Crippen LogP) is 2.63. The number of piperidine rings is 1. The van der Waals surface area contributed by atoms with Crippen molar-refractivity contribution in [2.45, 2.75) is 38.5 Å². The van der Waals surface area contributed by atoms with Crippen LogP contribution in [0.5, 0.6) is 0 Å². The fourth-order valence-corrected chi connectivity index (χ4v) is 4.24. The maximum absolute atomic E-state index is 12.7. The number of amides is 1. The third-order valence-corrected chi connectivity index (χ3v) is 5.56. The van der Waals surface area contributed by atoms with Gasteiger partial charge in [0, 0.05) is 42.5 Å². The second kappa shape index (κ2) is 6.39. The van der Waals surface area contributed by atoms with E-state index in [2.05, 4.69) is 22.1 Å². The topological polar surface area (TPSA) is 66.3 Å². The molecule has 1 aliphatic rings. The highest BCUT2D eigenvalue weighted by Crippen LogP contribution is 2.28. The molecule has 0 bridgehead atoms. The molecule has 0 radical (unpaired) electrons. The largest absolute Gasteiger partial charge is 0.342 e. The summed E-state index contributed by atoms with van der Waals surface area (Å²) in [7, 11) is 0. The summed E-state index contributed by atoms with van der Waals surface area (Å²) < 4.78 is 1.98. The van der Waals surface area contributed by atoms with Gasteiger partial charge in [-0.25, -0.2) is 4.98 Å². The number of aryl methyl sites for hydroxylation is 1. The zero-order chi connectivity index (χ0) is 16.5. The van der Waals surface area contributed by atoms with Crippen molar-refractivity contribution < 1.29 is 4.79 Å². The van der Waals surface area contributed by atoms with Crippen LogP contribution in [-0.4, -0.2) is 43.5 Å². The van der Waals surface area contributed by atoms with E-state index < -0.39 is 0 Å². The molecule has 1 fully saturated rings. The number of thiazole rings is 1. The molecule has 3 aromatic heterocycles. The summed E-state index contributed by atoms with van der Waals surface area (Å²) in [6.07, 6.45) is 9.34. The summed E-state index contributed by atoms with van der Waals surface area (Å²) in [5, 5.41) is 9.33. The van der Waals surface area contributed by atoms with Crippen molar-refractivity contribution in [3.63, 3.8) is 0 Å². The molecule has 4 rings (SSSR count). The highest BCUT2D eigenvalue weighted by molar-refractivity contribution is 7.15. The van der Waals surface area contributed by atoms with E-state index in [0.29, 0.717) is 12.3 Å². The van der Waals surface area contributed by atoms with Crippen LogP contribution in [0.4, 0.5) is 0 Å². The first kappa shape index (κ1) is 15.4. The monoisotopic (exact) mass is 343 g/mol. The van der Waals surface area contributed by atoms with Gasteiger partial charge in [0.2, 0.25) is 5.91 Å². The Labute approximate surface area is 144 Å². The molecule has 1 aliphatic heterocycles. The normalized spacial score (nSPS) is 18.4. The molecule has 0 aromatic carbocycles. The Morgan fingerprint density at radius 3 is 3.25 bits per heavy atom. The van der Waals surface area contributed by atoms with Crippen LogP contribution >= 0.6 is 11.3 Å². The number of nitrogens with zero attached hydrogens (tertiary/aromatic N) is 4. The van der Waals surface area contributed by atoms with Crippen molar-refractivity contribution in [1.29, 1.82) is 0 Å². The summed E-state index contributed by atoms with van der Waals surface area (Å²) >= 11 is 1.59. The number of likely N-dealkylation sites (tertiary alicyclic amines) is 1. The molecule has 1 N–H and O–H groups in total. The van der Waals surface area contributed by atoms with Crippen molar-refractivity contribution in [2.75, 3.05) is 13.1 Å². The number of aromatic nitrogens is 4. The quantitative estimate of drug-likeness (QED) is 0.792. The lowest BCUT2D eigenvalue weighted by Crippen LogP contribution is -2.40. The van der Waals surface area contributed by atoms with Gasteiger partial charge in [-0.2, -0.15) is 5.10 Å². The number of carbonyl (C=O) groups is 1. The molecular formula is C17H21N5OS. The Hall–Kier alpha value is -2.15. The molecule has 0 spiro atoms. The van der Waals surface area contributed by atoms with Gasteiger partial charge in [0.1, 0.15) is 0 Å². The zero-order valence-electron chi connectivity index (χ0n) is 13.7. The van der Waals surface area contributed by atoms with Gasteiger partial charge in [-0.05, 0) is 24.8 Å². The van der Waals surface area contributed by atoms with Crippen molar-refractivity contribution in [3.05, 3.63) is 40.9 Å². The maximum atomic E-state index is 12.7. The van der Waals surface area contributed by atoms with Crippen LogP contribution in [0.1, 0.15) is 42.6 Å². The van der Waals surface area contributed by atoms with E-state index in [-0.39, 0.29) is 5.91 Å². The number of fused-ring (bicyclic) bond motifs is 1. The Morgan fingerprint density at radius 1 is 1.50 bits per heavy atom. The molecule has 1 atom stereocenters. The summed E-state index contributed by atoms with van der Waals surface area (Å²) in [6.45, 7) is 3.76. The molecule has 0 unspecified atom stereocenters. The molecule has 7 heteroatoms. The van der Waals surface area contributed by atoms with E-state index in [4.69, 9.17) is 0 Å². The number of imidazole rings is 1.